The Morgan fingerprint density at radius 3 is 2.81 bits per heavy atom. The first-order valence-corrected chi connectivity index (χ1v) is 9.02. The second-order valence-electron chi connectivity index (χ2n) is 6.05. The minimum atomic E-state index is -0.502. The molecule has 0 saturated carbocycles. The fourth-order valence-corrected chi connectivity index (χ4v) is 3.37. The standard InChI is InChI=1S/C19H20N4O2S/c1-11-8-9-16(24)14(10-11)12(2)22-23-18(25)13(3)20-19-21-15-6-4-5-7-17(15)26-19/h4-10,13,24H,1-3H3,(H,20,21)(H,23,25)/b22-12+/t13-/m1/s1. The highest BCUT2D eigenvalue weighted by molar-refractivity contribution is 7.22. The van der Waals surface area contributed by atoms with Gasteiger partial charge >= 0.3 is 0 Å². The van der Waals surface area contributed by atoms with Crippen molar-refractivity contribution in [3.05, 3.63) is 53.6 Å². The second kappa shape index (κ2) is 7.53. The molecule has 0 bridgehead atoms. The summed E-state index contributed by atoms with van der Waals surface area (Å²) >= 11 is 1.50. The summed E-state index contributed by atoms with van der Waals surface area (Å²) in [5.74, 6) is -0.150. The third-order valence-electron chi connectivity index (χ3n) is 3.90. The average molecular weight is 368 g/mol. The minimum absolute atomic E-state index is 0.131. The third-order valence-corrected chi connectivity index (χ3v) is 4.87. The number of carbonyl (C=O) groups is 1. The van der Waals surface area contributed by atoms with Crippen molar-refractivity contribution < 1.29 is 9.90 Å². The summed E-state index contributed by atoms with van der Waals surface area (Å²) in [5, 5.41) is 17.8. The molecule has 0 spiro atoms. The van der Waals surface area contributed by atoms with Crippen molar-refractivity contribution in [3.8, 4) is 5.75 Å². The van der Waals surface area contributed by atoms with Crippen LogP contribution in [0.4, 0.5) is 5.13 Å². The van der Waals surface area contributed by atoms with E-state index in [1.807, 2.05) is 43.3 Å². The molecule has 0 aliphatic rings. The Bertz CT molecular complexity index is 948. The van der Waals surface area contributed by atoms with E-state index in [0.717, 1.165) is 15.8 Å². The van der Waals surface area contributed by atoms with Gasteiger partial charge < -0.3 is 10.4 Å². The van der Waals surface area contributed by atoms with Gasteiger partial charge in [-0.2, -0.15) is 5.10 Å². The van der Waals surface area contributed by atoms with Crippen LogP contribution >= 0.6 is 11.3 Å². The molecule has 2 aromatic carbocycles. The number of aryl methyl sites for hydroxylation is 1. The van der Waals surface area contributed by atoms with Crippen molar-refractivity contribution in [3.63, 3.8) is 0 Å². The highest BCUT2D eigenvalue weighted by Crippen LogP contribution is 2.25. The number of aromatic hydroxyl groups is 1. The number of anilines is 1. The highest BCUT2D eigenvalue weighted by Gasteiger charge is 2.15. The molecule has 0 aliphatic carbocycles. The fraction of sp³-hybridized carbons (Fsp3) is 0.211. The van der Waals surface area contributed by atoms with Crippen LogP contribution < -0.4 is 10.7 Å². The first-order valence-electron chi connectivity index (χ1n) is 8.20. The number of hydrogen-bond acceptors (Lipinski definition) is 6. The molecule has 1 amide bonds. The number of rotatable bonds is 5. The lowest BCUT2D eigenvalue weighted by molar-refractivity contribution is -0.121. The van der Waals surface area contributed by atoms with Gasteiger partial charge in [-0.3, -0.25) is 4.79 Å². The summed E-state index contributed by atoms with van der Waals surface area (Å²) in [6.45, 7) is 5.41. The van der Waals surface area contributed by atoms with Gasteiger partial charge in [0, 0.05) is 5.56 Å². The number of nitrogens with zero attached hydrogens (tertiary/aromatic N) is 2. The number of carbonyl (C=O) groups excluding carboxylic acids is 1. The van der Waals surface area contributed by atoms with Crippen molar-refractivity contribution >= 4 is 38.3 Å². The molecular weight excluding hydrogens is 348 g/mol. The van der Waals surface area contributed by atoms with Crippen LogP contribution in [0.1, 0.15) is 25.0 Å². The van der Waals surface area contributed by atoms with Crippen molar-refractivity contribution in [2.75, 3.05) is 5.32 Å². The molecule has 1 aromatic heterocycles. The highest BCUT2D eigenvalue weighted by atomic mass is 32.1. The second-order valence-corrected chi connectivity index (χ2v) is 7.08. The number of amides is 1. The van der Waals surface area contributed by atoms with Gasteiger partial charge in [0.05, 0.1) is 15.9 Å². The summed E-state index contributed by atoms with van der Waals surface area (Å²) in [4.78, 5) is 16.7. The molecule has 0 saturated heterocycles. The number of benzene rings is 2. The number of phenols is 1. The molecular formula is C19H20N4O2S. The molecule has 3 aromatic rings. The number of para-hydroxylation sites is 1. The summed E-state index contributed by atoms with van der Waals surface area (Å²) in [7, 11) is 0. The topological polar surface area (TPSA) is 86.6 Å². The van der Waals surface area contributed by atoms with E-state index in [-0.39, 0.29) is 11.7 Å². The molecule has 6 nitrogen and oxygen atoms in total. The molecule has 0 aliphatic heterocycles. The zero-order valence-electron chi connectivity index (χ0n) is 14.8. The Hall–Kier alpha value is -2.93. The summed E-state index contributed by atoms with van der Waals surface area (Å²) in [6, 6.07) is 12.6. The maximum atomic E-state index is 12.3. The van der Waals surface area contributed by atoms with Crippen molar-refractivity contribution in [1.29, 1.82) is 0 Å². The molecule has 1 atom stereocenters. The fourth-order valence-electron chi connectivity index (χ4n) is 2.42. The van der Waals surface area contributed by atoms with Crippen molar-refractivity contribution in [2.24, 2.45) is 5.10 Å². The van der Waals surface area contributed by atoms with E-state index >= 15 is 0 Å². The smallest absolute Gasteiger partial charge is 0.262 e. The van der Waals surface area contributed by atoms with E-state index in [0.29, 0.717) is 16.4 Å². The quantitative estimate of drug-likeness (QED) is 0.474. The van der Waals surface area contributed by atoms with E-state index in [9.17, 15) is 9.90 Å². The largest absolute Gasteiger partial charge is 0.507 e. The minimum Gasteiger partial charge on any atom is -0.507 e. The lowest BCUT2D eigenvalue weighted by atomic mass is 10.1. The number of hydrogen-bond donors (Lipinski definition) is 3. The van der Waals surface area contributed by atoms with E-state index in [2.05, 4.69) is 20.8 Å². The molecule has 134 valence electrons. The van der Waals surface area contributed by atoms with Crippen LogP contribution in [0.5, 0.6) is 5.75 Å². The molecule has 0 fully saturated rings. The van der Waals surface area contributed by atoms with Gasteiger partial charge in [-0.05, 0) is 45.0 Å². The SMILES string of the molecule is C/C(=N\NC(=O)[C@@H](C)Nc1nc2ccccc2s1)c1cc(C)ccc1O. The number of nitrogens with one attached hydrogen (secondary N) is 2. The molecule has 0 radical (unpaired) electrons. The van der Waals surface area contributed by atoms with E-state index < -0.39 is 6.04 Å². The van der Waals surface area contributed by atoms with Gasteiger partial charge in [0.15, 0.2) is 5.13 Å². The summed E-state index contributed by atoms with van der Waals surface area (Å²) in [5.41, 5.74) is 5.57. The Balaban J connectivity index is 1.66. The zero-order valence-corrected chi connectivity index (χ0v) is 15.6. The number of fused-ring (bicyclic) bond motifs is 1. The number of thiazole rings is 1. The Labute approximate surface area is 155 Å². The van der Waals surface area contributed by atoms with Crippen LogP contribution in [0.2, 0.25) is 0 Å². The molecule has 26 heavy (non-hydrogen) atoms. The van der Waals surface area contributed by atoms with Crippen LogP contribution in [-0.2, 0) is 4.79 Å². The Kier molecular flexibility index (Phi) is 5.18. The zero-order chi connectivity index (χ0) is 18.7. The Morgan fingerprint density at radius 2 is 2.04 bits per heavy atom. The van der Waals surface area contributed by atoms with Gasteiger partial charge in [-0.1, -0.05) is 35.1 Å². The monoisotopic (exact) mass is 368 g/mol. The van der Waals surface area contributed by atoms with Gasteiger partial charge in [0.1, 0.15) is 11.8 Å². The lowest BCUT2D eigenvalue weighted by Crippen LogP contribution is -2.35. The Morgan fingerprint density at radius 1 is 1.27 bits per heavy atom. The first kappa shape index (κ1) is 17.9. The predicted octanol–water partition coefficient (Wildman–Crippen LogP) is 3.65. The van der Waals surface area contributed by atoms with Crippen molar-refractivity contribution in [2.45, 2.75) is 26.8 Å². The van der Waals surface area contributed by atoms with Crippen LogP contribution in [0.3, 0.4) is 0 Å². The first-order chi connectivity index (χ1) is 12.4. The molecule has 3 N–H and O–H groups in total. The third kappa shape index (κ3) is 4.00. The van der Waals surface area contributed by atoms with Gasteiger partial charge in [0.25, 0.3) is 5.91 Å². The van der Waals surface area contributed by atoms with Crippen LogP contribution in [-0.4, -0.2) is 27.8 Å². The predicted molar refractivity (Wildman–Crippen MR) is 106 cm³/mol. The molecule has 3 rings (SSSR count). The lowest BCUT2D eigenvalue weighted by Gasteiger charge is -2.11. The average Bonchev–Trinajstić information content (AvgIpc) is 3.03. The van der Waals surface area contributed by atoms with Crippen LogP contribution in [0, 0.1) is 6.92 Å². The van der Waals surface area contributed by atoms with Gasteiger partial charge in [-0.15, -0.1) is 0 Å². The van der Waals surface area contributed by atoms with Gasteiger partial charge in [-0.25, -0.2) is 10.4 Å². The van der Waals surface area contributed by atoms with E-state index in [1.165, 1.54) is 11.3 Å². The van der Waals surface area contributed by atoms with E-state index in [1.54, 1.807) is 19.9 Å². The molecule has 0 unspecified atom stereocenters. The summed E-state index contributed by atoms with van der Waals surface area (Å²) < 4.78 is 1.06. The normalized spacial score (nSPS) is 12.8. The maximum Gasteiger partial charge on any atom is 0.262 e. The summed E-state index contributed by atoms with van der Waals surface area (Å²) in [6.07, 6.45) is 0. The maximum absolute atomic E-state index is 12.3. The molecule has 1 heterocycles. The van der Waals surface area contributed by atoms with Crippen LogP contribution in [0.25, 0.3) is 10.2 Å². The number of phenolic OH excluding ortho intramolecular Hbond substituents is 1. The number of aromatic nitrogens is 1. The number of hydrazone groups is 1. The van der Waals surface area contributed by atoms with Crippen LogP contribution in [0.15, 0.2) is 47.6 Å². The van der Waals surface area contributed by atoms with E-state index in [4.69, 9.17) is 0 Å². The molecule has 7 heteroatoms. The van der Waals surface area contributed by atoms with Crippen molar-refractivity contribution in [1.82, 2.24) is 10.4 Å². The van der Waals surface area contributed by atoms with Gasteiger partial charge in [0.2, 0.25) is 0 Å².